The molecule has 5 nitrogen and oxygen atoms in total. The van der Waals surface area contributed by atoms with Crippen LogP contribution in [0.15, 0.2) is 30.1 Å². The van der Waals surface area contributed by atoms with Gasteiger partial charge in [0.1, 0.15) is 0 Å². The second-order valence-electron chi connectivity index (χ2n) is 4.12. The number of carbonyl (C=O) groups excluding carboxylic acids is 1. The van der Waals surface area contributed by atoms with Crippen molar-refractivity contribution in [3.8, 4) is 0 Å². The molecule has 86 valence electrons. The number of hydrogen-bond donors (Lipinski definition) is 1. The summed E-state index contributed by atoms with van der Waals surface area (Å²) >= 11 is 0. The van der Waals surface area contributed by atoms with Gasteiger partial charge in [-0.1, -0.05) is 6.58 Å². The van der Waals surface area contributed by atoms with Gasteiger partial charge in [-0.05, 0) is 29.7 Å². The van der Waals surface area contributed by atoms with Crippen molar-refractivity contribution in [2.45, 2.75) is 12.5 Å². The standard InChI is InChI=1S/C12H11N3O2/c1-7-6-17-11(12(16)14-7)9-4-8-2-3-13-15-10(8)5-9/h2-3,5,11H,1,4,6H2,(H,14,16). The van der Waals surface area contributed by atoms with Crippen LogP contribution in [0, 0.1) is 0 Å². The average Bonchev–Trinajstić information content (AvgIpc) is 2.72. The molecule has 2 aliphatic rings. The Morgan fingerprint density at radius 3 is 3.18 bits per heavy atom. The lowest BCUT2D eigenvalue weighted by Gasteiger charge is -2.24. The average molecular weight is 229 g/mol. The van der Waals surface area contributed by atoms with Crippen molar-refractivity contribution in [3.63, 3.8) is 0 Å². The minimum atomic E-state index is -0.533. The van der Waals surface area contributed by atoms with Crippen LogP contribution in [0.2, 0.25) is 0 Å². The maximum Gasteiger partial charge on any atom is 0.257 e. The van der Waals surface area contributed by atoms with Gasteiger partial charge in [0.05, 0.1) is 12.3 Å². The molecule has 1 aliphatic carbocycles. The summed E-state index contributed by atoms with van der Waals surface area (Å²) < 4.78 is 5.49. The number of aromatic nitrogens is 2. The van der Waals surface area contributed by atoms with Crippen molar-refractivity contribution >= 4 is 12.0 Å². The van der Waals surface area contributed by atoms with Gasteiger partial charge in [-0.25, -0.2) is 0 Å². The van der Waals surface area contributed by atoms with Crippen LogP contribution in [-0.4, -0.2) is 28.8 Å². The maximum absolute atomic E-state index is 11.8. The first-order valence-electron chi connectivity index (χ1n) is 5.35. The Kier molecular flexibility index (Phi) is 2.26. The SMILES string of the molecule is C=C1COC(C2=Cc3nnccc3C2)C(=O)N1. The van der Waals surface area contributed by atoms with Crippen LogP contribution in [0.5, 0.6) is 0 Å². The number of nitrogens with zero attached hydrogens (tertiary/aromatic N) is 2. The Hall–Kier alpha value is -2.01. The zero-order valence-corrected chi connectivity index (χ0v) is 9.14. The molecule has 0 radical (unpaired) electrons. The molecule has 0 bridgehead atoms. The van der Waals surface area contributed by atoms with Gasteiger partial charge >= 0.3 is 0 Å². The van der Waals surface area contributed by atoms with Crippen LogP contribution < -0.4 is 5.32 Å². The summed E-state index contributed by atoms with van der Waals surface area (Å²) in [5, 5.41) is 10.5. The van der Waals surface area contributed by atoms with Crippen LogP contribution in [0.3, 0.4) is 0 Å². The smallest absolute Gasteiger partial charge is 0.257 e. The Labute approximate surface area is 98.2 Å². The zero-order valence-electron chi connectivity index (χ0n) is 9.14. The predicted molar refractivity (Wildman–Crippen MR) is 60.7 cm³/mol. The molecule has 1 aliphatic heterocycles. The van der Waals surface area contributed by atoms with E-state index in [0.29, 0.717) is 18.7 Å². The van der Waals surface area contributed by atoms with E-state index < -0.39 is 6.10 Å². The van der Waals surface area contributed by atoms with Gasteiger partial charge in [0, 0.05) is 11.9 Å². The second-order valence-corrected chi connectivity index (χ2v) is 4.12. The molecule has 0 spiro atoms. The summed E-state index contributed by atoms with van der Waals surface area (Å²) in [6.45, 7) is 4.02. The molecule has 1 saturated heterocycles. The van der Waals surface area contributed by atoms with Gasteiger partial charge < -0.3 is 10.1 Å². The van der Waals surface area contributed by atoms with E-state index in [1.807, 2.05) is 12.1 Å². The number of carbonyl (C=O) groups is 1. The monoisotopic (exact) mass is 229 g/mol. The van der Waals surface area contributed by atoms with E-state index in [4.69, 9.17) is 4.74 Å². The molecule has 0 aromatic carbocycles. The van der Waals surface area contributed by atoms with Crippen molar-refractivity contribution in [1.82, 2.24) is 15.5 Å². The number of fused-ring (bicyclic) bond motifs is 1. The van der Waals surface area contributed by atoms with Gasteiger partial charge in [0.25, 0.3) is 5.91 Å². The van der Waals surface area contributed by atoms with E-state index in [1.54, 1.807) is 6.20 Å². The van der Waals surface area contributed by atoms with Gasteiger partial charge in [-0.15, -0.1) is 0 Å². The quantitative estimate of drug-likeness (QED) is 0.759. The molecule has 1 aromatic heterocycles. The molecule has 1 amide bonds. The van der Waals surface area contributed by atoms with Gasteiger partial charge in [-0.2, -0.15) is 10.2 Å². The van der Waals surface area contributed by atoms with Crippen molar-refractivity contribution in [1.29, 1.82) is 0 Å². The lowest BCUT2D eigenvalue weighted by Crippen LogP contribution is -2.43. The van der Waals surface area contributed by atoms with Crippen LogP contribution in [0.1, 0.15) is 11.3 Å². The van der Waals surface area contributed by atoms with Crippen molar-refractivity contribution in [2.24, 2.45) is 0 Å². The number of ether oxygens (including phenoxy) is 1. The minimum absolute atomic E-state index is 0.159. The third kappa shape index (κ3) is 1.74. The van der Waals surface area contributed by atoms with E-state index in [1.165, 1.54) is 0 Å². The molecule has 3 rings (SSSR count). The Morgan fingerprint density at radius 1 is 1.53 bits per heavy atom. The molecule has 5 heteroatoms. The first-order chi connectivity index (χ1) is 8.24. The summed E-state index contributed by atoms with van der Waals surface area (Å²) in [6, 6.07) is 1.91. The summed E-state index contributed by atoms with van der Waals surface area (Å²) in [5.41, 5.74) is 3.42. The van der Waals surface area contributed by atoms with E-state index in [9.17, 15) is 4.79 Å². The van der Waals surface area contributed by atoms with Crippen molar-refractivity contribution in [3.05, 3.63) is 41.4 Å². The zero-order chi connectivity index (χ0) is 11.8. The van der Waals surface area contributed by atoms with E-state index in [-0.39, 0.29) is 5.91 Å². The molecule has 1 aromatic rings. The lowest BCUT2D eigenvalue weighted by atomic mass is 10.1. The Balaban J connectivity index is 1.84. The second kappa shape index (κ2) is 3.78. The van der Waals surface area contributed by atoms with E-state index in [2.05, 4.69) is 22.1 Å². The van der Waals surface area contributed by atoms with Crippen LogP contribution >= 0.6 is 0 Å². The highest BCUT2D eigenvalue weighted by Crippen LogP contribution is 2.27. The van der Waals surface area contributed by atoms with Crippen LogP contribution in [-0.2, 0) is 16.0 Å². The fourth-order valence-electron chi connectivity index (χ4n) is 2.07. The van der Waals surface area contributed by atoms with E-state index >= 15 is 0 Å². The molecule has 1 fully saturated rings. The molecular weight excluding hydrogens is 218 g/mol. The first kappa shape index (κ1) is 10.2. The van der Waals surface area contributed by atoms with Gasteiger partial charge in [0.15, 0.2) is 6.10 Å². The predicted octanol–water partition coefficient (Wildman–Crippen LogP) is 0.445. The lowest BCUT2D eigenvalue weighted by molar-refractivity contribution is -0.132. The van der Waals surface area contributed by atoms with Gasteiger partial charge in [0.2, 0.25) is 0 Å². The largest absolute Gasteiger partial charge is 0.358 e. The number of morpholine rings is 1. The number of hydrogen-bond acceptors (Lipinski definition) is 4. The summed E-state index contributed by atoms with van der Waals surface area (Å²) in [7, 11) is 0. The van der Waals surface area contributed by atoms with Crippen molar-refractivity contribution in [2.75, 3.05) is 6.61 Å². The highest BCUT2D eigenvalue weighted by molar-refractivity contribution is 5.88. The highest BCUT2D eigenvalue weighted by atomic mass is 16.5. The molecular formula is C12H11N3O2. The molecule has 1 atom stereocenters. The molecule has 1 N–H and O–H groups in total. The summed E-state index contributed by atoms with van der Waals surface area (Å²) in [4.78, 5) is 11.8. The topological polar surface area (TPSA) is 64.1 Å². The Morgan fingerprint density at radius 2 is 2.41 bits per heavy atom. The normalized spacial score (nSPS) is 23.1. The van der Waals surface area contributed by atoms with E-state index in [0.717, 1.165) is 16.8 Å². The minimum Gasteiger partial charge on any atom is -0.358 e. The van der Waals surface area contributed by atoms with Crippen molar-refractivity contribution < 1.29 is 9.53 Å². The fourth-order valence-corrected chi connectivity index (χ4v) is 2.07. The highest BCUT2D eigenvalue weighted by Gasteiger charge is 2.31. The molecule has 1 unspecified atom stereocenters. The number of amides is 1. The third-order valence-electron chi connectivity index (χ3n) is 2.85. The first-order valence-corrected chi connectivity index (χ1v) is 5.35. The fraction of sp³-hybridized carbons (Fsp3) is 0.250. The summed E-state index contributed by atoms with van der Waals surface area (Å²) in [6.07, 6.45) is 3.68. The molecule has 0 saturated carbocycles. The number of rotatable bonds is 1. The third-order valence-corrected chi connectivity index (χ3v) is 2.85. The molecule has 2 heterocycles. The molecule has 17 heavy (non-hydrogen) atoms. The summed E-state index contributed by atoms with van der Waals surface area (Å²) in [5.74, 6) is -0.159. The van der Waals surface area contributed by atoms with Crippen LogP contribution in [0.25, 0.3) is 6.08 Å². The Bertz CT molecular complexity index is 536. The van der Waals surface area contributed by atoms with Crippen LogP contribution in [0.4, 0.5) is 0 Å². The number of nitrogens with one attached hydrogen (secondary N) is 1. The van der Waals surface area contributed by atoms with Gasteiger partial charge in [-0.3, -0.25) is 4.79 Å². The maximum atomic E-state index is 11.8.